The maximum absolute atomic E-state index is 13.7. The fourth-order valence-corrected chi connectivity index (χ4v) is 1.94. The van der Waals surface area contributed by atoms with Gasteiger partial charge in [0.25, 0.3) is 0 Å². The van der Waals surface area contributed by atoms with Gasteiger partial charge in [0.1, 0.15) is 22.7 Å². The molecule has 0 aliphatic rings. The highest BCUT2D eigenvalue weighted by Gasteiger charge is 2.12. The van der Waals surface area contributed by atoms with Gasteiger partial charge in [-0.15, -0.1) is 0 Å². The van der Waals surface area contributed by atoms with Crippen LogP contribution in [0.2, 0.25) is 0 Å². The molecule has 0 aliphatic carbocycles. The molecule has 5 nitrogen and oxygen atoms in total. The summed E-state index contributed by atoms with van der Waals surface area (Å²) in [6.45, 7) is 0. The van der Waals surface area contributed by atoms with Crippen LogP contribution in [-0.2, 0) is 9.84 Å². The van der Waals surface area contributed by atoms with E-state index in [1.165, 1.54) is 18.3 Å². The summed E-state index contributed by atoms with van der Waals surface area (Å²) in [6, 6.07) is 3.84. The number of hydrogen-bond donors (Lipinski definition) is 0. The molecular formula is C11H9FN2O3S. The fourth-order valence-electron chi connectivity index (χ4n) is 1.41. The van der Waals surface area contributed by atoms with Crippen molar-refractivity contribution >= 4 is 16.1 Å². The van der Waals surface area contributed by atoms with Crippen molar-refractivity contribution in [3.05, 3.63) is 42.0 Å². The number of carbonyl (C=O) groups excluding carboxylic acids is 1. The predicted octanol–water partition coefficient (Wildman–Crippen LogP) is 1.23. The van der Waals surface area contributed by atoms with Crippen molar-refractivity contribution < 1.29 is 17.6 Å². The largest absolute Gasteiger partial charge is 0.298 e. The Morgan fingerprint density at radius 3 is 2.61 bits per heavy atom. The molecular weight excluding hydrogens is 259 g/mol. The summed E-state index contributed by atoms with van der Waals surface area (Å²) in [5, 5.41) is 3.78. The normalized spacial score (nSPS) is 11.4. The first kappa shape index (κ1) is 12.4. The lowest BCUT2D eigenvalue weighted by atomic mass is 10.2. The molecule has 0 bridgehead atoms. The minimum atomic E-state index is -3.38. The molecule has 94 valence electrons. The van der Waals surface area contributed by atoms with Crippen molar-refractivity contribution in [2.75, 3.05) is 6.26 Å². The van der Waals surface area contributed by atoms with Gasteiger partial charge >= 0.3 is 0 Å². The van der Waals surface area contributed by atoms with Crippen LogP contribution >= 0.6 is 0 Å². The molecule has 0 unspecified atom stereocenters. The Balaban J connectivity index is 2.50. The molecule has 0 amide bonds. The number of aldehydes is 1. The van der Waals surface area contributed by atoms with Gasteiger partial charge in [0.15, 0.2) is 9.84 Å². The second-order valence-corrected chi connectivity index (χ2v) is 5.74. The highest BCUT2D eigenvalue weighted by atomic mass is 32.2. The highest BCUT2D eigenvalue weighted by Crippen LogP contribution is 2.16. The Morgan fingerprint density at radius 2 is 2.11 bits per heavy atom. The first-order valence-corrected chi connectivity index (χ1v) is 6.81. The molecule has 0 atom stereocenters. The summed E-state index contributed by atoms with van der Waals surface area (Å²) in [6.07, 6.45) is 3.93. The van der Waals surface area contributed by atoms with Gasteiger partial charge in [0.2, 0.25) is 0 Å². The summed E-state index contributed by atoms with van der Waals surface area (Å²) in [5.41, 5.74) is 0.280. The number of halogens is 1. The summed E-state index contributed by atoms with van der Waals surface area (Å²) >= 11 is 0. The van der Waals surface area contributed by atoms with E-state index in [9.17, 15) is 17.6 Å². The Bertz CT molecular complexity index is 707. The van der Waals surface area contributed by atoms with E-state index in [1.54, 1.807) is 0 Å². The Kier molecular flexibility index (Phi) is 3.00. The third-order valence-electron chi connectivity index (χ3n) is 2.34. The molecule has 0 N–H and O–H groups in total. The number of rotatable bonds is 3. The quantitative estimate of drug-likeness (QED) is 0.785. The number of carbonyl (C=O) groups is 1. The van der Waals surface area contributed by atoms with E-state index in [0.29, 0.717) is 6.29 Å². The first-order chi connectivity index (χ1) is 8.41. The van der Waals surface area contributed by atoms with E-state index >= 15 is 0 Å². The summed E-state index contributed by atoms with van der Waals surface area (Å²) in [7, 11) is -3.38. The summed E-state index contributed by atoms with van der Waals surface area (Å²) < 4.78 is 37.3. The Labute approximate surface area is 103 Å². The van der Waals surface area contributed by atoms with Crippen molar-refractivity contribution in [1.29, 1.82) is 0 Å². The second-order valence-electron chi connectivity index (χ2n) is 3.72. The third kappa shape index (κ3) is 2.30. The van der Waals surface area contributed by atoms with Crippen LogP contribution in [0, 0.1) is 5.82 Å². The van der Waals surface area contributed by atoms with Crippen molar-refractivity contribution in [3.8, 4) is 5.69 Å². The molecule has 7 heteroatoms. The SMILES string of the molecule is CS(=O)(=O)c1cnn(-c2ccc(C=O)cc2F)c1. The monoisotopic (exact) mass is 268 g/mol. The van der Waals surface area contributed by atoms with Crippen molar-refractivity contribution in [2.45, 2.75) is 4.90 Å². The topological polar surface area (TPSA) is 69.0 Å². The smallest absolute Gasteiger partial charge is 0.178 e. The Morgan fingerprint density at radius 1 is 1.39 bits per heavy atom. The van der Waals surface area contributed by atoms with Gasteiger partial charge in [-0.2, -0.15) is 5.10 Å². The van der Waals surface area contributed by atoms with Crippen LogP contribution in [0.3, 0.4) is 0 Å². The average molecular weight is 268 g/mol. The maximum atomic E-state index is 13.7. The van der Waals surface area contributed by atoms with E-state index in [-0.39, 0.29) is 16.1 Å². The van der Waals surface area contributed by atoms with Gasteiger partial charge in [0.05, 0.1) is 6.20 Å². The average Bonchev–Trinajstić information content (AvgIpc) is 2.77. The molecule has 1 aromatic heterocycles. The number of aromatic nitrogens is 2. The van der Waals surface area contributed by atoms with E-state index < -0.39 is 15.7 Å². The van der Waals surface area contributed by atoms with Crippen LogP contribution < -0.4 is 0 Å². The van der Waals surface area contributed by atoms with Crippen LogP contribution in [0.25, 0.3) is 5.69 Å². The van der Waals surface area contributed by atoms with Gasteiger partial charge < -0.3 is 0 Å². The van der Waals surface area contributed by atoms with Crippen molar-refractivity contribution in [2.24, 2.45) is 0 Å². The maximum Gasteiger partial charge on any atom is 0.178 e. The van der Waals surface area contributed by atoms with Gasteiger partial charge in [-0.3, -0.25) is 4.79 Å². The molecule has 0 aliphatic heterocycles. The zero-order valence-corrected chi connectivity index (χ0v) is 10.2. The molecule has 0 saturated heterocycles. The van der Waals surface area contributed by atoms with Crippen molar-refractivity contribution in [1.82, 2.24) is 9.78 Å². The molecule has 2 aromatic rings. The zero-order valence-electron chi connectivity index (χ0n) is 9.37. The molecule has 1 heterocycles. The highest BCUT2D eigenvalue weighted by molar-refractivity contribution is 7.90. The zero-order chi connectivity index (χ0) is 13.3. The van der Waals surface area contributed by atoms with E-state index in [2.05, 4.69) is 5.10 Å². The van der Waals surface area contributed by atoms with Gasteiger partial charge in [-0.1, -0.05) is 0 Å². The van der Waals surface area contributed by atoms with Gasteiger partial charge in [0, 0.05) is 18.0 Å². The lowest BCUT2D eigenvalue weighted by molar-refractivity contribution is 0.112. The number of sulfone groups is 1. The standard InChI is InChI=1S/C11H9FN2O3S/c1-18(16,17)9-5-13-14(6-9)11-3-2-8(7-15)4-10(11)12/h2-7H,1H3. The summed E-state index contributed by atoms with van der Waals surface area (Å²) in [5.74, 6) is -0.650. The van der Waals surface area contributed by atoms with Crippen LogP contribution in [0.15, 0.2) is 35.5 Å². The number of benzene rings is 1. The van der Waals surface area contributed by atoms with Crippen LogP contribution in [0.4, 0.5) is 4.39 Å². The first-order valence-electron chi connectivity index (χ1n) is 4.91. The van der Waals surface area contributed by atoms with Gasteiger partial charge in [-0.25, -0.2) is 17.5 Å². The second kappa shape index (κ2) is 4.34. The van der Waals surface area contributed by atoms with Gasteiger partial charge in [-0.05, 0) is 18.2 Å². The van der Waals surface area contributed by atoms with E-state index in [0.717, 1.165) is 23.2 Å². The number of hydrogen-bond acceptors (Lipinski definition) is 4. The minimum Gasteiger partial charge on any atom is -0.298 e. The Hall–Kier alpha value is -2.02. The molecule has 1 aromatic carbocycles. The lowest BCUT2D eigenvalue weighted by Gasteiger charge is -2.03. The molecule has 0 saturated carbocycles. The van der Waals surface area contributed by atoms with Crippen molar-refractivity contribution in [3.63, 3.8) is 0 Å². The molecule has 2 rings (SSSR count). The molecule has 0 fully saturated rings. The third-order valence-corrected chi connectivity index (χ3v) is 3.41. The minimum absolute atomic E-state index is 0.00126. The fraction of sp³-hybridized carbons (Fsp3) is 0.0909. The number of nitrogens with zero attached hydrogens (tertiary/aromatic N) is 2. The predicted molar refractivity (Wildman–Crippen MR) is 62.0 cm³/mol. The molecule has 0 spiro atoms. The summed E-state index contributed by atoms with van der Waals surface area (Å²) in [4.78, 5) is 10.5. The lowest BCUT2D eigenvalue weighted by Crippen LogP contribution is -1.99. The van der Waals surface area contributed by atoms with E-state index in [1.807, 2.05) is 0 Å². The molecule has 0 radical (unpaired) electrons. The molecule has 18 heavy (non-hydrogen) atoms. The van der Waals surface area contributed by atoms with Crippen LogP contribution in [0.5, 0.6) is 0 Å². The van der Waals surface area contributed by atoms with E-state index in [4.69, 9.17) is 0 Å². The van der Waals surface area contributed by atoms with Crippen LogP contribution in [-0.4, -0.2) is 30.7 Å². The van der Waals surface area contributed by atoms with Crippen LogP contribution in [0.1, 0.15) is 10.4 Å².